The number of fused-ring (bicyclic) bond motifs is 1. The standard InChI is InChI=1S/C17H16INO2/c1-17(2)12-9-10(7-8-14(12)19-16(17)21)15(20)11-5-3-4-6-13(11)18/h3-9,15,20H,1-2H3,(H,19,21). The van der Waals surface area contributed by atoms with Crippen molar-refractivity contribution in [1.29, 1.82) is 0 Å². The van der Waals surface area contributed by atoms with Crippen LogP contribution in [-0.2, 0) is 10.2 Å². The van der Waals surface area contributed by atoms with Crippen molar-refractivity contribution in [3.63, 3.8) is 0 Å². The van der Waals surface area contributed by atoms with E-state index >= 15 is 0 Å². The van der Waals surface area contributed by atoms with E-state index in [0.29, 0.717) is 0 Å². The van der Waals surface area contributed by atoms with Gasteiger partial charge in [0.2, 0.25) is 5.91 Å². The molecule has 0 radical (unpaired) electrons. The third-order valence-corrected chi connectivity index (χ3v) is 5.03. The maximum absolute atomic E-state index is 12.0. The summed E-state index contributed by atoms with van der Waals surface area (Å²) in [5.41, 5.74) is 2.91. The second-order valence-electron chi connectivity index (χ2n) is 5.81. The first-order valence-corrected chi connectivity index (χ1v) is 7.87. The molecule has 0 saturated heterocycles. The zero-order chi connectivity index (χ0) is 15.2. The Balaban J connectivity index is 2.05. The van der Waals surface area contributed by atoms with E-state index in [1.165, 1.54) is 0 Å². The van der Waals surface area contributed by atoms with E-state index in [1.807, 2.05) is 56.3 Å². The molecule has 1 heterocycles. The van der Waals surface area contributed by atoms with Gasteiger partial charge >= 0.3 is 0 Å². The number of rotatable bonds is 2. The average molecular weight is 393 g/mol. The molecular weight excluding hydrogens is 377 g/mol. The molecule has 21 heavy (non-hydrogen) atoms. The number of aliphatic hydroxyl groups excluding tert-OH is 1. The van der Waals surface area contributed by atoms with Crippen LogP contribution in [0.4, 0.5) is 5.69 Å². The minimum Gasteiger partial charge on any atom is -0.384 e. The van der Waals surface area contributed by atoms with E-state index < -0.39 is 11.5 Å². The maximum Gasteiger partial charge on any atom is 0.234 e. The molecule has 2 N–H and O–H groups in total. The van der Waals surface area contributed by atoms with Crippen molar-refractivity contribution in [2.45, 2.75) is 25.4 Å². The number of halogens is 1. The highest BCUT2D eigenvalue weighted by Gasteiger charge is 2.38. The van der Waals surface area contributed by atoms with Gasteiger partial charge in [0.25, 0.3) is 0 Å². The Bertz CT molecular complexity index is 724. The fraction of sp³-hybridized carbons (Fsp3) is 0.235. The molecule has 0 bridgehead atoms. The number of carbonyl (C=O) groups excluding carboxylic acids is 1. The van der Waals surface area contributed by atoms with Gasteiger partial charge in [-0.3, -0.25) is 4.79 Å². The number of benzene rings is 2. The SMILES string of the molecule is CC1(C)C(=O)Nc2ccc(C(O)c3ccccc3I)cc21. The minimum absolute atomic E-state index is 0.00145. The Hall–Kier alpha value is -1.40. The molecule has 1 unspecified atom stereocenters. The van der Waals surface area contributed by atoms with Crippen molar-refractivity contribution in [3.05, 3.63) is 62.7 Å². The minimum atomic E-state index is -0.685. The number of nitrogens with one attached hydrogen (secondary N) is 1. The molecule has 4 heteroatoms. The molecule has 0 aromatic heterocycles. The number of hydrogen-bond donors (Lipinski definition) is 2. The van der Waals surface area contributed by atoms with Crippen LogP contribution in [0.25, 0.3) is 0 Å². The van der Waals surface area contributed by atoms with Gasteiger partial charge in [0.15, 0.2) is 0 Å². The normalized spacial score (nSPS) is 17.2. The fourth-order valence-corrected chi connectivity index (χ4v) is 3.32. The molecule has 108 valence electrons. The number of carbonyl (C=O) groups is 1. The van der Waals surface area contributed by atoms with Gasteiger partial charge in [0, 0.05) is 9.26 Å². The summed E-state index contributed by atoms with van der Waals surface area (Å²) in [5.74, 6) is -0.00145. The Labute approximate surface area is 137 Å². The zero-order valence-electron chi connectivity index (χ0n) is 11.9. The smallest absolute Gasteiger partial charge is 0.234 e. The van der Waals surface area contributed by atoms with Crippen LogP contribution < -0.4 is 5.32 Å². The van der Waals surface area contributed by atoms with Gasteiger partial charge in [-0.15, -0.1) is 0 Å². The van der Waals surface area contributed by atoms with Crippen molar-refractivity contribution in [3.8, 4) is 0 Å². The van der Waals surface area contributed by atoms with E-state index in [0.717, 1.165) is 25.9 Å². The summed E-state index contributed by atoms with van der Waals surface area (Å²) < 4.78 is 1.02. The van der Waals surface area contributed by atoms with Crippen LogP contribution in [0.5, 0.6) is 0 Å². The van der Waals surface area contributed by atoms with Gasteiger partial charge in [0.05, 0.1) is 5.41 Å². The largest absolute Gasteiger partial charge is 0.384 e. The third-order valence-electron chi connectivity index (χ3n) is 4.05. The van der Waals surface area contributed by atoms with Crippen molar-refractivity contribution >= 4 is 34.2 Å². The predicted octanol–water partition coefficient (Wildman–Crippen LogP) is 3.60. The molecular formula is C17H16INO2. The van der Waals surface area contributed by atoms with Gasteiger partial charge in [-0.2, -0.15) is 0 Å². The molecule has 0 aliphatic carbocycles. The van der Waals surface area contributed by atoms with Crippen LogP contribution in [0, 0.1) is 3.57 Å². The summed E-state index contributed by atoms with van der Waals surface area (Å²) in [7, 11) is 0. The van der Waals surface area contributed by atoms with Crippen molar-refractivity contribution < 1.29 is 9.90 Å². The highest BCUT2D eigenvalue weighted by atomic mass is 127. The second-order valence-corrected chi connectivity index (χ2v) is 6.97. The molecule has 0 fully saturated rings. The monoisotopic (exact) mass is 393 g/mol. The summed E-state index contributed by atoms with van der Waals surface area (Å²) >= 11 is 2.22. The summed E-state index contributed by atoms with van der Waals surface area (Å²) in [6.07, 6.45) is -0.685. The van der Waals surface area contributed by atoms with Crippen molar-refractivity contribution in [1.82, 2.24) is 0 Å². The highest BCUT2D eigenvalue weighted by Crippen LogP contribution is 2.39. The summed E-state index contributed by atoms with van der Waals surface area (Å²) in [4.78, 5) is 12.0. The van der Waals surface area contributed by atoms with E-state index in [4.69, 9.17) is 0 Å². The van der Waals surface area contributed by atoms with Gasteiger partial charge in [-0.25, -0.2) is 0 Å². The molecule has 1 aliphatic rings. The predicted molar refractivity (Wildman–Crippen MR) is 91.3 cm³/mol. The molecule has 1 atom stereocenters. The zero-order valence-corrected chi connectivity index (χ0v) is 14.0. The second kappa shape index (κ2) is 5.10. The lowest BCUT2D eigenvalue weighted by molar-refractivity contribution is -0.119. The maximum atomic E-state index is 12.0. The first-order chi connectivity index (χ1) is 9.91. The molecule has 1 amide bonds. The summed E-state index contributed by atoms with van der Waals surface area (Å²) in [6, 6.07) is 13.4. The van der Waals surface area contributed by atoms with E-state index in [1.54, 1.807) is 0 Å². The van der Waals surface area contributed by atoms with Gasteiger partial charge in [0.1, 0.15) is 6.10 Å². The molecule has 2 aromatic rings. The van der Waals surface area contributed by atoms with Crippen molar-refractivity contribution in [2.24, 2.45) is 0 Å². The first-order valence-electron chi connectivity index (χ1n) is 6.79. The lowest BCUT2D eigenvalue weighted by Crippen LogP contribution is -2.26. The number of anilines is 1. The van der Waals surface area contributed by atoms with Crippen LogP contribution in [0.3, 0.4) is 0 Å². The van der Waals surface area contributed by atoms with Crippen LogP contribution in [0.1, 0.15) is 36.6 Å². The Morgan fingerprint density at radius 3 is 2.62 bits per heavy atom. The van der Waals surface area contributed by atoms with Gasteiger partial charge < -0.3 is 10.4 Å². The van der Waals surface area contributed by atoms with Gasteiger partial charge in [-0.1, -0.05) is 24.3 Å². The number of hydrogen-bond acceptors (Lipinski definition) is 2. The fourth-order valence-electron chi connectivity index (χ4n) is 2.64. The molecule has 3 nitrogen and oxygen atoms in total. The first kappa shape index (κ1) is 14.5. The number of aliphatic hydroxyl groups is 1. The van der Waals surface area contributed by atoms with Gasteiger partial charge in [-0.05, 0) is 71.3 Å². The third kappa shape index (κ3) is 2.36. The summed E-state index contributed by atoms with van der Waals surface area (Å²) in [6.45, 7) is 3.80. The van der Waals surface area contributed by atoms with Crippen molar-refractivity contribution in [2.75, 3.05) is 5.32 Å². The Kier molecular flexibility index (Phi) is 3.53. The average Bonchev–Trinajstić information content (AvgIpc) is 2.69. The number of amides is 1. The molecule has 0 spiro atoms. The quantitative estimate of drug-likeness (QED) is 0.767. The van der Waals surface area contributed by atoms with Crippen LogP contribution >= 0.6 is 22.6 Å². The topological polar surface area (TPSA) is 49.3 Å². The van der Waals surface area contributed by atoms with E-state index in [9.17, 15) is 9.90 Å². The highest BCUT2D eigenvalue weighted by molar-refractivity contribution is 14.1. The Morgan fingerprint density at radius 1 is 1.19 bits per heavy atom. The molecule has 0 saturated carbocycles. The Morgan fingerprint density at radius 2 is 1.90 bits per heavy atom. The lowest BCUT2D eigenvalue weighted by atomic mass is 9.84. The molecule has 2 aromatic carbocycles. The van der Waals surface area contributed by atoms with Crippen LogP contribution in [0.2, 0.25) is 0 Å². The van der Waals surface area contributed by atoms with E-state index in [2.05, 4.69) is 27.9 Å². The van der Waals surface area contributed by atoms with Crippen LogP contribution in [0.15, 0.2) is 42.5 Å². The van der Waals surface area contributed by atoms with Crippen LogP contribution in [-0.4, -0.2) is 11.0 Å². The molecule has 3 rings (SSSR count). The lowest BCUT2D eigenvalue weighted by Gasteiger charge is -2.18. The molecule has 1 aliphatic heterocycles. The summed E-state index contributed by atoms with van der Waals surface area (Å²) in [5, 5.41) is 13.5. The van der Waals surface area contributed by atoms with E-state index in [-0.39, 0.29) is 5.91 Å².